The summed E-state index contributed by atoms with van der Waals surface area (Å²) in [5.41, 5.74) is 0.456. The van der Waals surface area contributed by atoms with Crippen LogP contribution >= 0.6 is 27.3 Å². The summed E-state index contributed by atoms with van der Waals surface area (Å²) in [5, 5.41) is 4.98. The molecule has 1 amide bonds. The van der Waals surface area contributed by atoms with E-state index in [1.165, 1.54) is 11.1 Å². The number of rotatable bonds is 4. The maximum Gasteiger partial charge on any atom is 0.255 e. The van der Waals surface area contributed by atoms with Crippen LogP contribution in [0.3, 0.4) is 0 Å². The topological polar surface area (TPSA) is 42.2 Å². The summed E-state index contributed by atoms with van der Waals surface area (Å²) in [4.78, 5) is 13.2. The smallest absolute Gasteiger partial charge is 0.255 e. The molecule has 2 heterocycles. The van der Waals surface area contributed by atoms with Crippen molar-refractivity contribution in [3.8, 4) is 0 Å². The zero-order valence-electron chi connectivity index (χ0n) is 10.2. The van der Waals surface area contributed by atoms with E-state index in [9.17, 15) is 4.79 Å². The first kappa shape index (κ1) is 13.4. The van der Waals surface area contributed by atoms with Crippen LogP contribution in [0.2, 0.25) is 0 Å². The zero-order chi connectivity index (χ0) is 13.2. The van der Waals surface area contributed by atoms with Gasteiger partial charge in [0.15, 0.2) is 4.67 Å². The zero-order valence-corrected chi connectivity index (χ0v) is 12.6. The molecule has 0 radical (unpaired) electrons. The van der Waals surface area contributed by atoms with Gasteiger partial charge in [0.25, 0.3) is 5.91 Å². The van der Waals surface area contributed by atoms with Crippen molar-refractivity contribution in [1.29, 1.82) is 0 Å². The molecule has 0 aromatic carbocycles. The second kappa shape index (κ2) is 5.28. The number of carbonyl (C=O) groups excluding carboxylic acids is 1. The summed E-state index contributed by atoms with van der Waals surface area (Å²) < 4.78 is 5.51. The predicted octanol–water partition coefficient (Wildman–Crippen LogP) is 3.81. The highest BCUT2D eigenvalue weighted by molar-refractivity contribution is 9.10. The van der Waals surface area contributed by atoms with Crippen LogP contribution in [0.25, 0.3) is 0 Å². The summed E-state index contributed by atoms with van der Waals surface area (Å²) in [6, 6.07) is 5.76. The van der Waals surface area contributed by atoms with Crippen molar-refractivity contribution in [1.82, 2.24) is 5.32 Å². The predicted molar refractivity (Wildman–Crippen MR) is 76.1 cm³/mol. The minimum atomic E-state index is -0.125. The highest BCUT2D eigenvalue weighted by Crippen LogP contribution is 2.27. The van der Waals surface area contributed by atoms with E-state index >= 15 is 0 Å². The summed E-state index contributed by atoms with van der Waals surface area (Å²) in [7, 11) is 0. The number of hydrogen-bond acceptors (Lipinski definition) is 3. The quantitative estimate of drug-likeness (QED) is 0.927. The van der Waals surface area contributed by atoms with Crippen LogP contribution in [-0.2, 0) is 5.41 Å². The molecule has 0 unspecified atom stereocenters. The highest BCUT2D eigenvalue weighted by atomic mass is 79.9. The average Bonchev–Trinajstić information content (AvgIpc) is 2.96. The average molecular weight is 328 g/mol. The summed E-state index contributed by atoms with van der Waals surface area (Å²) in [5.74, 6) is -0.125. The molecule has 0 fully saturated rings. The van der Waals surface area contributed by atoms with E-state index in [0.29, 0.717) is 16.8 Å². The molecule has 0 aliphatic rings. The van der Waals surface area contributed by atoms with Gasteiger partial charge in [-0.3, -0.25) is 4.79 Å². The number of halogens is 1. The molecule has 0 bridgehead atoms. The minimum Gasteiger partial charge on any atom is -0.457 e. The van der Waals surface area contributed by atoms with Crippen molar-refractivity contribution in [2.24, 2.45) is 0 Å². The van der Waals surface area contributed by atoms with Gasteiger partial charge in [0.05, 0.1) is 11.8 Å². The van der Waals surface area contributed by atoms with Crippen LogP contribution < -0.4 is 5.32 Å². The maximum atomic E-state index is 11.9. The normalized spacial score (nSPS) is 11.5. The van der Waals surface area contributed by atoms with Gasteiger partial charge in [-0.15, -0.1) is 11.3 Å². The van der Waals surface area contributed by atoms with Crippen molar-refractivity contribution in [2.45, 2.75) is 19.3 Å². The van der Waals surface area contributed by atoms with Crippen molar-refractivity contribution >= 4 is 33.2 Å². The van der Waals surface area contributed by atoms with E-state index in [4.69, 9.17) is 4.42 Å². The molecule has 0 aliphatic carbocycles. The van der Waals surface area contributed by atoms with Crippen LogP contribution in [0.1, 0.15) is 29.1 Å². The van der Waals surface area contributed by atoms with E-state index in [-0.39, 0.29) is 11.3 Å². The Morgan fingerprint density at radius 2 is 2.28 bits per heavy atom. The van der Waals surface area contributed by atoms with Gasteiger partial charge in [-0.25, -0.2) is 0 Å². The molecule has 2 aromatic rings. The van der Waals surface area contributed by atoms with Gasteiger partial charge >= 0.3 is 0 Å². The largest absolute Gasteiger partial charge is 0.457 e. The third kappa shape index (κ3) is 2.84. The van der Waals surface area contributed by atoms with Crippen LogP contribution in [0.4, 0.5) is 0 Å². The first-order chi connectivity index (χ1) is 8.50. The molecule has 0 saturated heterocycles. The fourth-order valence-corrected chi connectivity index (χ4v) is 2.88. The second-order valence-corrected chi connectivity index (χ2v) is 6.32. The molecule has 5 heteroatoms. The van der Waals surface area contributed by atoms with Gasteiger partial charge in [0.2, 0.25) is 0 Å². The van der Waals surface area contributed by atoms with Gasteiger partial charge in [-0.1, -0.05) is 19.9 Å². The van der Waals surface area contributed by atoms with Crippen LogP contribution in [0, 0.1) is 0 Å². The number of amides is 1. The monoisotopic (exact) mass is 327 g/mol. The van der Waals surface area contributed by atoms with Crippen molar-refractivity contribution in [3.05, 3.63) is 45.0 Å². The molecule has 0 spiro atoms. The standard InChI is InChI=1S/C13H14BrNO2S/c1-13(2,10-4-3-7-18-10)8-15-12(16)9-5-6-17-11(9)14/h3-7H,8H2,1-2H3,(H,15,16). The Labute approximate surface area is 118 Å². The van der Waals surface area contributed by atoms with E-state index in [0.717, 1.165) is 0 Å². The van der Waals surface area contributed by atoms with E-state index in [1.807, 2.05) is 11.4 Å². The van der Waals surface area contributed by atoms with Crippen LogP contribution in [0.5, 0.6) is 0 Å². The molecule has 18 heavy (non-hydrogen) atoms. The molecule has 0 atom stereocenters. The number of thiophene rings is 1. The first-order valence-electron chi connectivity index (χ1n) is 5.56. The van der Waals surface area contributed by atoms with Gasteiger partial charge < -0.3 is 9.73 Å². The SMILES string of the molecule is CC(C)(CNC(=O)c1ccoc1Br)c1cccs1. The Balaban J connectivity index is 2.00. The van der Waals surface area contributed by atoms with Crippen LogP contribution in [0.15, 0.2) is 38.9 Å². The summed E-state index contributed by atoms with van der Waals surface area (Å²) in [6.45, 7) is 4.82. The second-order valence-electron chi connectivity index (χ2n) is 4.65. The minimum absolute atomic E-state index is 0.0694. The Bertz CT molecular complexity index is 531. The van der Waals surface area contributed by atoms with E-state index in [1.54, 1.807) is 17.4 Å². The van der Waals surface area contributed by atoms with Crippen molar-refractivity contribution < 1.29 is 9.21 Å². The van der Waals surface area contributed by atoms with Crippen LogP contribution in [-0.4, -0.2) is 12.5 Å². The fourth-order valence-electron chi connectivity index (χ4n) is 1.60. The summed E-state index contributed by atoms with van der Waals surface area (Å²) in [6.07, 6.45) is 1.49. The van der Waals surface area contributed by atoms with Gasteiger partial charge in [0, 0.05) is 16.8 Å². The fraction of sp³-hybridized carbons (Fsp3) is 0.308. The lowest BCUT2D eigenvalue weighted by molar-refractivity contribution is 0.0944. The third-order valence-electron chi connectivity index (χ3n) is 2.74. The first-order valence-corrected chi connectivity index (χ1v) is 7.23. The molecule has 2 aromatic heterocycles. The molecule has 2 rings (SSSR count). The maximum absolute atomic E-state index is 11.9. The number of carbonyl (C=O) groups is 1. The van der Waals surface area contributed by atoms with E-state index < -0.39 is 0 Å². The molecule has 96 valence electrons. The lowest BCUT2D eigenvalue weighted by Gasteiger charge is -2.23. The Kier molecular flexibility index (Phi) is 3.92. The van der Waals surface area contributed by atoms with Crippen molar-refractivity contribution in [2.75, 3.05) is 6.54 Å². The molecule has 0 saturated carbocycles. The number of furan rings is 1. The Morgan fingerprint density at radius 3 is 2.83 bits per heavy atom. The Morgan fingerprint density at radius 1 is 1.50 bits per heavy atom. The highest BCUT2D eigenvalue weighted by Gasteiger charge is 2.23. The molecule has 0 aliphatic heterocycles. The van der Waals surface area contributed by atoms with Gasteiger partial charge in [-0.05, 0) is 33.4 Å². The lowest BCUT2D eigenvalue weighted by atomic mass is 9.91. The van der Waals surface area contributed by atoms with Gasteiger partial charge in [-0.2, -0.15) is 0 Å². The van der Waals surface area contributed by atoms with E-state index in [2.05, 4.69) is 41.2 Å². The molecular weight excluding hydrogens is 314 g/mol. The third-order valence-corrected chi connectivity index (χ3v) is 4.59. The lowest BCUT2D eigenvalue weighted by Crippen LogP contribution is -2.36. The Hall–Kier alpha value is -1.07. The molecule has 1 N–H and O–H groups in total. The molecular formula is C13H14BrNO2S. The number of hydrogen-bond donors (Lipinski definition) is 1. The molecule has 3 nitrogen and oxygen atoms in total. The van der Waals surface area contributed by atoms with Crippen molar-refractivity contribution in [3.63, 3.8) is 0 Å². The number of nitrogens with one attached hydrogen (secondary N) is 1. The summed E-state index contributed by atoms with van der Waals surface area (Å²) >= 11 is 4.90. The van der Waals surface area contributed by atoms with Gasteiger partial charge in [0.1, 0.15) is 0 Å².